The maximum Gasteiger partial charge on any atom is 0.241 e. The molecule has 2 aromatic rings. The number of hydrogen-bond donors (Lipinski definition) is 2. The number of rotatable bonds is 5. The molecule has 0 spiro atoms. The van der Waals surface area contributed by atoms with Crippen LogP contribution < -0.4 is 15.8 Å². The lowest BCUT2D eigenvalue weighted by molar-refractivity contribution is -0.123. The van der Waals surface area contributed by atoms with Crippen LogP contribution in [0.1, 0.15) is 35.7 Å². The van der Waals surface area contributed by atoms with Gasteiger partial charge in [-0.05, 0) is 37.1 Å². The molecule has 2 aromatic carbocycles. The molecule has 2 rings (SSSR count). The summed E-state index contributed by atoms with van der Waals surface area (Å²) in [4.78, 5) is 12.3. The van der Waals surface area contributed by atoms with Crippen molar-refractivity contribution in [2.45, 2.75) is 25.9 Å². The molecule has 2 unspecified atom stereocenters. The highest BCUT2D eigenvalue weighted by Crippen LogP contribution is 2.18. The third-order valence-electron chi connectivity index (χ3n) is 3.69. The molecule has 0 saturated heterocycles. The van der Waals surface area contributed by atoms with E-state index < -0.39 is 6.04 Å². The van der Waals surface area contributed by atoms with Crippen LogP contribution in [0.5, 0.6) is 5.75 Å². The van der Waals surface area contributed by atoms with Crippen LogP contribution in [0.3, 0.4) is 0 Å². The van der Waals surface area contributed by atoms with E-state index in [0.29, 0.717) is 0 Å². The molecule has 0 aliphatic rings. The van der Waals surface area contributed by atoms with Gasteiger partial charge in [-0.25, -0.2) is 0 Å². The summed E-state index contributed by atoms with van der Waals surface area (Å²) in [6, 6.07) is 14.5. The number of carbonyl (C=O) groups excluding carboxylic acids is 1. The van der Waals surface area contributed by atoms with Crippen molar-refractivity contribution in [2.75, 3.05) is 7.11 Å². The van der Waals surface area contributed by atoms with Crippen LogP contribution in [-0.2, 0) is 4.79 Å². The van der Waals surface area contributed by atoms with Crippen molar-refractivity contribution in [3.05, 3.63) is 65.2 Å². The molecule has 2 atom stereocenters. The lowest BCUT2D eigenvalue weighted by Crippen LogP contribution is -2.35. The van der Waals surface area contributed by atoms with Crippen molar-refractivity contribution in [1.29, 1.82) is 0 Å². The number of nitrogens with one attached hydrogen (secondary N) is 1. The molecule has 0 heterocycles. The van der Waals surface area contributed by atoms with E-state index in [9.17, 15) is 4.79 Å². The Bertz CT molecular complexity index is 621. The SMILES string of the molecule is COc1ccc(C(C)NC(=O)C(N)c2ccc(C)cc2)cc1. The standard InChI is InChI=1S/C18H22N2O2/c1-12-4-6-15(7-5-12)17(19)18(21)20-13(2)14-8-10-16(22-3)11-9-14/h4-11,13,17H,19H2,1-3H3,(H,20,21). The number of nitrogens with two attached hydrogens (primary N) is 1. The lowest BCUT2D eigenvalue weighted by atomic mass is 10.0. The van der Waals surface area contributed by atoms with Gasteiger partial charge in [0, 0.05) is 0 Å². The average molecular weight is 298 g/mol. The first kappa shape index (κ1) is 16.0. The smallest absolute Gasteiger partial charge is 0.241 e. The Morgan fingerprint density at radius 2 is 1.59 bits per heavy atom. The van der Waals surface area contributed by atoms with E-state index in [0.717, 1.165) is 22.4 Å². The molecule has 0 bridgehead atoms. The van der Waals surface area contributed by atoms with Crippen LogP contribution in [0.2, 0.25) is 0 Å². The summed E-state index contributed by atoms with van der Waals surface area (Å²) < 4.78 is 5.13. The Balaban J connectivity index is 2.01. The molecule has 22 heavy (non-hydrogen) atoms. The fraction of sp³-hybridized carbons (Fsp3) is 0.278. The van der Waals surface area contributed by atoms with Crippen molar-refractivity contribution in [3.8, 4) is 5.75 Å². The summed E-state index contributed by atoms with van der Waals surface area (Å²) in [6.07, 6.45) is 0. The molecule has 4 nitrogen and oxygen atoms in total. The van der Waals surface area contributed by atoms with E-state index >= 15 is 0 Å². The van der Waals surface area contributed by atoms with E-state index in [-0.39, 0.29) is 11.9 Å². The van der Waals surface area contributed by atoms with Crippen molar-refractivity contribution >= 4 is 5.91 Å². The third kappa shape index (κ3) is 3.86. The summed E-state index contributed by atoms with van der Waals surface area (Å²) >= 11 is 0. The molecule has 1 amide bonds. The van der Waals surface area contributed by atoms with Gasteiger partial charge < -0.3 is 15.8 Å². The first-order valence-electron chi connectivity index (χ1n) is 7.27. The summed E-state index contributed by atoms with van der Waals surface area (Å²) in [5, 5.41) is 2.94. The minimum absolute atomic E-state index is 0.116. The van der Waals surface area contributed by atoms with Crippen molar-refractivity contribution < 1.29 is 9.53 Å². The second-order valence-corrected chi connectivity index (χ2v) is 5.39. The number of amides is 1. The van der Waals surface area contributed by atoms with Gasteiger partial charge in [-0.2, -0.15) is 0 Å². The van der Waals surface area contributed by atoms with Crippen LogP contribution in [0.4, 0.5) is 0 Å². The molecule has 0 fully saturated rings. The zero-order valence-electron chi connectivity index (χ0n) is 13.2. The molecule has 0 radical (unpaired) electrons. The first-order chi connectivity index (χ1) is 10.5. The first-order valence-corrected chi connectivity index (χ1v) is 7.27. The minimum atomic E-state index is -0.665. The highest BCUT2D eigenvalue weighted by molar-refractivity contribution is 5.83. The molecule has 4 heteroatoms. The molecule has 3 N–H and O–H groups in total. The number of hydrogen-bond acceptors (Lipinski definition) is 3. The van der Waals surface area contributed by atoms with Gasteiger partial charge in [0.05, 0.1) is 13.2 Å². The topological polar surface area (TPSA) is 64.3 Å². The molecular weight excluding hydrogens is 276 g/mol. The van der Waals surface area contributed by atoms with E-state index in [1.165, 1.54) is 0 Å². The fourth-order valence-corrected chi connectivity index (χ4v) is 2.20. The number of methoxy groups -OCH3 is 1. The normalized spacial score (nSPS) is 13.3. The van der Waals surface area contributed by atoms with Crippen LogP contribution in [0.15, 0.2) is 48.5 Å². The Labute approximate surface area is 131 Å². The average Bonchev–Trinajstić information content (AvgIpc) is 2.54. The van der Waals surface area contributed by atoms with Gasteiger partial charge in [-0.1, -0.05) is 42.0 Å². The Kier molecular flexibility index (Phi) is 5.17. The molecular formula is C18H22N2O2. The second kappa shape index (κ2) is 7.09. The number of aryl methyl sites for hydroxylation is 1. The summed E-state index contributed by atoms with van der Waals surface area (Å²) in [6.45, 7) is 3.93. The van der Waals surface area contributed by atoms with Gasteiger partial charge in [-0.3, -0.25) is 4.79 Å². The molecule has 116 valence electrons. The quantitative estimate of drug-likeness (QED) is 0.892. The Hall–Kier alpha value is -2.33. The summed E-state index contributed by atoms with van der Waals surface area (Å²) in [7, 11) is 1.63. The van der Waals surface area contributed by atoms with E-state index in [2.05, 4.69) is 5.32 Å². The number of benzene rings is 2. The van der Waals surface area contributed by atoms with Gasteiger partial charge in [0.15, 0.2) is 0 Å². The van der Waals surface area contributed by atoms with Gasteiger partial charge in [0.2, 0.25) is 5.91 Å². The van der Waals surface area contributed by atoms with E-state index in [4.69, 9.17) is 10.5 Å². The van der Waals surface area contributed by atoms with Crippen LogP contribution in [0.25, 0.3) is 0 Å². The Morgan fingerprint density at radius 3 is 2.14 bits per heavy atom. The fourth-order valence-electron chi connectivity index (χ4n) is 2.20. The van der Waals surface area contributed by atoms with E-state index in [1.54, 1.807) is 7.11 Å². The van der Waals surface area contributed by atoms with Gasteiger partial charge >= 0.3 is 0 Å². The summed E-state index contributed by atoms with van der Waals surface area (Å²) in [5.74, 6) is 0.603. The molecule has 0 saturated carbocycles. The number of ether oxygens (including phenoxy) is 1. The molecule has 0 aliphatic carbocycles. The zero-order chi connectivity index (χ0) is 16.1. The second-order valence-electron chi connectivity index (χ2n) is 5.39. The maximum atomic E-state index is 12.3. The highest BCUT2D eigenvalue weighted by Gasteiger charge is 2.18. The van der Waals surface area contributed by atoms with Crippen LogP contribution >= 0.6 is 0 Å². The summed E-state index contributed by atoms with van der Waals surface area (Å²) in [5.41, 5.74) is 8.99. The molecule has 0 aromatic heterocycles. The monoisotopic (exact) mass is 298 g/mol. The van der Waals surface area contributed by atoms with Gasteiger partial charge in [0.1, 0.15) is 11.8 Å². The van der Waals surface area contributed by atoms with Crippen molar-refractivity contribution in [3.63, 3.8) is 0 Å². The highest BCUT2D eigenvalue weighted by atomic mass is 16.5. The predicted molar refractivity (Wildman–Crippen MR) is 87.7 cm³/mol. The maximum absolute atomic E-state index is 12.3. The predicted octanol–water partition coefficient (Wildman–Crippen LogP) is 2.88. The largest absolute Gasteiger partial charge is 0.497 e. The molecule has 0 aliphatic heterocycles. The number of carbonyl (C=O) groups is 1. The van der Waals surface area contributed by atoms with Crippen molar-refractivity contribution in [2.24, 2.45) is 5.73 Å². The van der Waals surface area contributed by atoms with Gasteiger partial charge in [-0.15, -0.1) is 0 Å². The minimum Gasteiger partial charge on any atom is -0.497 e. The third-order valence-corrected chi connectivity index (χ3v) is 3.69. The Morgan fingerprint density at radius 1 is 1.05 bits per heavy atom. The van der Waals surface area contributed by atoms with E-state index in [1.807, 2.05) is 62.4 Å². The van der Waals surface area contributed by atoms with Crippen LogP contribution in [0, 0.1) is 6.92 Å². The lowest BCUT2D eigenvalue weighted by Gasteiger charge is -2.18. The van der Waals surface area contributed by atoms with Gasteiger partial charge in [0.25, 0.3) is 0 Å². The van der Waals surface area contributed by atoms with Crippen LogP contribution in [-0.4, -0.2) is 13.0 Å². The zero-order valence-corrected chi connectivity index (χ0v) is 13.2. The van der Waals surface area contributed by atoms with Crippen molar-refractivity contribution in [1.82, 2.24) is 5.32 Å².